The number of hydrogen-bond acceptors (Lipinski definition) is 5. The maximum absolute atomic E-state index is 13.7. The van der Waals surface area contributed by atoms with Crippen LogP contribution < -0.4 is 15.6 Å². The molecule has 2 aromatic rings. The second-order valence-electron chi connectivity index (χ2n) is 5.11. The summed E-state index contributed by atoms with van der Waals surface area (Å²) in [6.45, 7) is 0. The van der Waals surface area contributed by atoms with Crippen molar-refractivity contribution in [1.82, 2.24) is 15.4 Å². The molecule has 0 spiro atoms. The van der Waals surface area contributed by atoms with Gasteiger partial charge in [-0.1, -0.05) is 6.07 Å². The van der Waals surface area contributed by atoms with Crippen molar-refractivity contribution in [3.05, 3.63) is 47.8 Å². The van der Waals surface area contributed by atoms with Gasteiger partial charge in [-0.05, 0) is 18.6 Å². The summed E-state index contributed by atoms with van der Waals surface area (Å²) in [5.74, 6) is -2.11. The zero-order valence-corrected chi connectivity index (χ0v) is 12.2. The number of benzene rings is 1. The lowest BCUT2D eigenvalue weighted by atomic mass is 10.1. The molecule has 0 saturated heterocycles. The van der Waals surface area contributed by atoms with Crippen LogP contribution in [0.3, 0.4) is 0 Å². The number of hydrazine groups is 1. The van der Waals surface area contributed by atoms with Crippen LogP contribution in [0.4, 0.5) is 14.6 Å². The molecule has 1 saturated carbocycles. The molecule has 1 heterocycles. The summed E-state index contributed by atoms with van der Waals surface area (Å²) in [4.78, 5) is 20.0. The number of nitrogens with zero attached hydrogens (tertiary/aromatic N) is 2. The van der Waals surface area contributed by atoms with E-state index in [2.05, 4.69) is 20.8 Å². The van der Waals surface area contributed by atoms with E-state index in [1.807, 2.05) is 0 Å². The van der Waals surface area contributed by atoms with Gasteiger partial charge in [0.25, 0.3) is 5.88 Å². The number of carbonyl (C=O) groups excluding carboxylic acids is 1. The number of ether oxygens (including phenoxy) is 1. The molecule has 2 N–H and O–H groups in total. The summed E-state index contributed by atoms with van der Waals surface area (Å²) in [7, 11) is 1.43. The minimum absolute atomic E-state index is 0.0373. The molecule has 120 valence electrons. The van der Waals surface area contributed by atoms with E-state index in [1.165, 1.54) is 37.7 Å². The maximum atomic E-state index is 13.7. The summed E-state index contributed by atoms with van der Waals surface area (Å²) >= 11 is 0. The normalized spacial score (nSPS) is 19.1. The van der Waals surface area contributed by atoms with Crippen LogP contribution in [0.1, 0.15) is 17.9 Å². The Bertz CT molecular complexity index is 721. The largest absolute Gasteiger partial charge is 0.478 e. The molecule has 23 heavy (non-hydrogen) atoms. The van der Waals surface area contributed by atoms with Crippen LogP contribution in [0.5, 0.6) is 5.88 Å². The smallest absolute Gasteiger partial charge is 0.258 e. The number of anilines is 1. The van der Waals surface area contributed by atoms with Crippen molar-refractivity contribution < 1.29 is 18.3 Å². The molecule has 0 unspecified atom stereocenters. The van der Waals surface area contributed by atoms with Crippen molar-refractivity contribution in [2.75, 3.05) is 12.5 Å². The van der Waals surface area contributed by atoms with Gasteiger partial charge in [-0.25, -0.2) is 18.7 Å². The highest BCUT2D eigenvalue weighted by Crippen LogP contribution is 2.49. The number of carbonyl (C=O) groups is 1. The van der Waals surface area contributed by atoms with Gasteiger partial charge in [-0.3, -0.25) is 15.6 Å². The highest BCUT2D eigenvalue weighted by atomic mass is 19.1. The van der Waals surface area contributed by atoms with Crippen molar-refractivity contribution in [3.63, 3.8) is 0 Å². The molecule has 0 radical (unpaired) electrons. The predicted octanol–water partition coefficient (Wildman–Crippen LogP) is 2.01. The molecule has 1 aromatic heterocycles. The van der Waals surface area contributed by atoms with Gasteiger partial charge in [0.15, 0.2) is 0 Å². The monoisotopic (exact) mass is 320 g/mol. The Labute approximate surface area is 130 Å². The lowest BCUT2D eigenvalue weighted by Crippen LogP contribution is -2.31. The summed E-state index contributed by atoms with van der Waals surface area (Å²) in [5, 5.41) is 0. The molecule has 1 aliphatic carbocycles. The van der Waals surface area contributed by atoms with Crippen LogP contribution in [0.15, 0.2) is 30.6 Å². The highest BCUT2D eigenvalue weighted by Gasteiger charge is 2.46. The van der Waals surface area contributed by atoms with Gasteiger partial charge < -0.3 is 4.74 Å². The third kappa shape index (κ3) is 3.05. The minimum atomic E-state index is -0.631. The van der Waals surface area contributed by atoms with E-state index in [0.717, 1.165) is 0 Å². The summed E-state index contributed by atoms with van der Waals surface area (Å²) in [6.07, 6.45) is 3.28. The Morgan fingerprint density at radius 1 is 1.26 bits per heavy atom. The summed E-state index contributed by atoms with van der Waals surface area (Å²) < 4.78 is 32.4. The van der Waals surface area contributed by atoms with E-state index in [4.69, 9.17) is 4.74 Å². The van der Waals surface area contributed by atoms with Crippen molar-refractivity contribution in [2.24, 2.45) is 5.92 Å². The van der Waals surface area contributed by atoms with Gasteiger partial charge in [0.05, 0.1) is 7.11 Å². The van der Waals surface area contributed by atoms with E-state index in [9.17, 15) is 13.6 Å². The zero-order chi connectivity index (χ0) is 16.4. The molecule has 1 amide bonds. The first-order valence-corrected chi connectivity index (χ1v) is 6.96. The fourth-order valence-electron chi connectivity index (χ4n) is 2.44. The van der Waals surface area contributed by atoms with Crippen LogP contribution in [-0.2, 0) is 4.79 Å². The first-order valence-electron chi connectivity index (χ1n) is 6.96. The minimum Gasteiger partial charge on any atom is -0.478 e. The third-order valence-electron chi connectivity index (χ3n) is 3.66. The molecule has 1 aromatic carbocycles. The Morgan fingerprint density at radius 3 is 2.65 bits per heavy atom. The highest BCUT2D eigenvalue weighted by molar-refractivity contribution is 5.84. The zero-order valence-electron chi connectivity index (χ0n) is 12.2. The van der Waals surface area contributed by atoms with Gasteiger partial charge in [-0.15, -0.1) is 0 Å². The topological polar surface area (TPSA) is 76.1 Å². The average molecular weight is 320 g/mol. The van der Waals surface area contributed by atoms with E-state index >= 15 is 0 Å². The van der Waals surface area contributed by atoms with Crippen LogP contribution >= 0.6 is 0 Å². The number of halogens is 2. The van der Waals surface area contributed by atoms with Gasteiger partial charge in [0.2, 0.25) is 11.7 Å². The molecule has 2 atom stereocenters. The van der Waals surface area contributed by atoms with E-state index in [-0.39, 0.29) is 23.2 Å². The van der Waals surface area contributed by atoms with Gasteiger partial charge in [0.1, 0.15) is 11.6 Å². The molecule has 1 aliphatic rings. The molecule has 6 nitrogen and oxygen atoms in total. The first-order chi connectivity index (χ1) is 11.1. The van der Waals surface area contributed by atoms with Crippen molar-refractivity contribution in [2.45, 2.75) is 12.3 Å². The molecule has 3 rings (SSSR count). The Hall–Kier alpha value is -2.77. The van der Waals surface area contributed by atoms with Crippen molar-refractivity contribution in [1.29, 1.82) is 0 Å². The number of nitrogens with one attached hydrogen (secondary N) is 2. The van der Waals surface area contributed by atoms with E-state index in [1.54, 1.807) is 0 Å². The summed E-state index contributed by atoms with van der Waals surface area (Å²) in [6, 6.07) is 3.68. The number of amides is 1. The van der Waals surface area contributed by atoms with Crippen molar-refractivity contribution in [3.8, 4) is 5.88 Å². The van der Waals surface area contributed by atoms with E-state index in [0.29, 0.717) is 6.42 Å². The van der Waals surface area contributed by atoms with E-state index < -0.39 is 23.5 Å². The summed E-state index contributed by atoms with van der Waals surface area (Å²) in [5.41, 5.74) is 5.02. The Kier molecular flexibility index (Phi) is 4.05. The first kappa shape index (κ1) is 15.1. The van der Waals surface area contributed by atoms with Crippen LogP contribution in [0.25, 0.3) is 0 Å². The quantitative estimate of drug-likeness (QED) is 0.824. The second kappa shape index (κ2) is 6.15. The van der Waals surface area contributed by atoms with Crippen molar-refractivity contribution >= 4 is 11.7 Å². The standard InChI is InChI=1S/C15H14F2N4O2/c1-23-15-13(18-5-6-19-15)20-21-14(22)9-7-8(9)12-10(16)3-2-4-11(12)17/h2-6,8-9H,7H2,1H3,(H,18,20)(H,21,22)/t8-,9-/m1/s1. The molecule has 0 bridgehead atoms. The lowest BCUT2D eigenvalue weighted by Gasteiger charge is -2.10. The van der Waals surface area contributed by atoms with Crippen LogP contribution in [-0.4, -0.2) is 23.0 Å². The van der Waals surface area contributed by atoms with Gasteiger partial charge >= 0.3 is 0 Å². The fraction of sp³-hybridized carbons (Fsp3) is 0.267. The fourth-order valence-corrected chi connectivity index (χ4v) is 2.44. The second-order valence-corrected chi connectivity index (χ2v) is 5.11. The number of hydrogen-bond donors (Lipinski definition) is 2. The lowest BCUT2D eigenvalue weighted by molar-refractivity contribution is -0.121. The third-order valence-corrected chi connectivity index (χ3v) is 3.66. The Morgan fingerprint density at radius 2 is 1.96 bits per heavy atom. The number of aromatic nitrogens is 2. The van der Waals surface area contributed by atoms with Gasteiger partial charge in [-0.2, -0.15) is 0 Å². The number of methoxy groups -OCH3 is 1. The predicted molar refractivity (Wildman–Crippen MR) is 77.6 cm³/mol. The van der Waals surface area contributed by atoms with Crippen LogP contribution in [0, 0.1) is 17.6 Å². The Balaban J connectivity index is 1.63. The average Bonchev–Trinajstić information content (AvgIpc) is 3.33. The molecular weight excluding hydrogens is 306 g/mol. The SMILES string of the molecule is COc1nccnc1NNC(=O)[C@@H]1C[C@H]1c1c(F)cccc1F. The molecule has 0 aliphatic heterocycles. The molecular formula is C15H14F2N4O2. The maximum Gasteiger partial charge on any atom is 0.258 e. The van der Waals surface area contributed by atoms with Gasteiger partial charge in [0, 0.05) is 29.8 Å². The molecule has 1 fully saturated rings. The van der Waals surface area contributed by atoms with Crippen LogP contribution in [0.2, 0.25) is 0 Å². The number of rotatable bonds is 5. The molecule has 8 heteroatoms.